The molecule has 4 nitrogen and oxygen atoms in total. The van der Waals surface area contributed by atoms with Gasteiger partial charge in [-0.3, -0.25) is 4.79 Å². The van der Waals surface area contributed by atoms with E-state index in [1.807, 2.05) is 26.0 Å². The number of hydrogen-bond donors (Lipinski definition) is 1. The van der Waals surface area contributed by atoms with Gasteiger partial charge in [0.2, 0.25) is 0 Å². The van der Waals surface area contributed by atoms with Gasteiger partial charge in [-0.2, -0.15) is 13.2 Å². The van der Waals surface area contributed by atoms with Gasteiger partial charge in [-0.15, -0.1) is 0 Å². The van der Waals surface area contributed by atoms with Crippen LogP contribution in [-0.2, 0) is 9.53 Å². The van der Waals surface area contributed by atoms with Crippen LogP contribution in [0.4, 0.5) is 24.5 Å². The Morgan fingerprint density at radius 3 is 2.73 bits per heavy atom. The predicted octanol–water partition coefficient (Wildman–Crippen LogP) is 3.05. The minimum absolute atomic E-state index is 0.0430. The molecule has 0 saturated carbocycles. The quantitative estimate of drug-likeness (QED) is 0.928. The Balaban J connectivity index is 2.09. The van der Waals surface area contributed by atoms with Crippen LogP contribution in [0.25, 0.3) is 0 Å². The predicted molar refractivity (Wildman–Crippen MR) is 77.9 cm³/mol. The first kappa shape index (κ1) is 16.6. The Kier molecular flexibility index (Phi) is 4.95. The second-order valence-electron chi connectivity index (χ2n) is 5.62. The summed E-state index contributed by atoms with van der Waals surface area (Å²) in [7, 11) is 0. The second-order valence-corrected chi connectivity index (χ2v) is 5.62. The lowest BCUT2D eigenvalue weighted by Gasteiger charge is -2.37. The molecular formula is C15H19F3N2O2. The van der Waals surface area contributed by atoms with Gasteiger partial charge >= 0.3 is 6.18 Å². The molecule has 0 spiro atoms. The van der Waals surface area contributed by atoms with E-state index in [1.165, 1.54) is 4.90 Å². The normalized spacial score (nSPS) is 18.1. The summed E-state index contributed by atoms with van der Waals surface area (Å²) in [5, 5.41) is 3.35. The third kappa shape index (κ3) is 4.13. The van der Waals surface area contributed by atoms with E-state index in [0.29, 0.717) is 12.2 Å². The maximum Gasteiger partial charge on any atom is 0.411 e. The van der Waals surface area contributed by atoms with Crippen molar-refractivity contribution in [1.82, 2.24) is 0 Å². The third-order valence-corrected chi connectivity index (χ3v) is 3.51. The van der Waals surface area contributed by atoms with Crippen molar-refractivity contribution in [3.63, 3.8) is 0 Å². The third-order valence-electron chi connectivity index (χ3n) is 3.51. The fraction of sp³-hybridized carbons (Fsp3) is 0.533. The van der Waals surface area contributed by atoms with Crippen molar-refractivity contribution < 1.29 is 22.7 Å². The number of amides is 1. The summed E-state index contributed by atoms with van der Waals surface area (Å²) in [6.45, 7) is 2.45. The van der Waals surface area contributed by atoms with Crippen LogP contribution >= 0.6 is 0 Å². The Labute approximate surface area is 127 Å². The first-order valence-electron chi connectivity index (χ1n) is 7.08. The Morgan fingerprint density at radius 2 is 2.09 bits per heavy atom. The van der Waals surface area contributed by atoms with Crippen LogP contribution in [0.15, 0.2) is 24.3 Å². The number of fused-ring (bicyclic) bond motifs is 1. The topological polar surface area (TPSA) is 41.6 Å². The molecule has 1 amide bonds. The zero-order valence-electron chi connectivity index (χ0n) is 12.5. The zero-order chi connectivity index (χ0) is 16.3. The van der Waals surface area contributed by atoms with E-state index in [1.54, 1.807) is 12.1 Å². The standard InChI is InChI=1S/C15H19F3N2O2/c1-10(2)12-7-20(13-6-4-3-5-11(13)19-12)14(21)8-22-9-15(16,17)18/h3-6,10,12,19H,7-9H2,1-2H3. The van der Waals surface area contributed by atoms with Crippen LogP contribution in [0.2, 0.25) is 0 Å². The van der Waals surface area contributed by atoms with E-state index in [9.17, 15) is 18.0 Å². The van der Waals surface area contributed by atoms with Gasteiger partial charge in [0.25, 0.3) is 5.91 Å². The molecule has 1 N–H and O–H groups in total. The van der Waals surface area contributed by atoms with Crippen molar-refractivity contribution >= 4 is 17.3 Å². The minimum Gasteiger partial charge on any atom is -0.379 e. The number of halogens is 3. The van der Waals surface area contributed by atoms with Crippen molar-refractivity contribution in [3.8, 4) is 0 Å². The lowest BCUT2D eigenvalue weighted by atomic mass is 10.00. The molecule has 0 radical (unpaired) electrons. The monoisotopic (exact) mass is 316 g/mol. The molecule has 0 aliphatic carbocycles. The number of hydrogen-bond acceptors (Lipinski definition) is 3. The number of benzene rings is 1. The van der Waals surface area contributed by atoms with Gasteiger partial charge < -0.3 is 15.0 Å². The second kappa shape index (κ2) is 6.56. The van der Waals surface area contributed by atoms with Crippen LogP contribution in [0.1, 0.15) is 13.8 Å². The minimum atomic E-state index is -4.43. The molecule has 0 aromatic heterocycles. The SMILES string of the molecule is CC(C)C1CN(C(=O)COCC(F)(F)F)c2ccccc2N1. The van der Waals surface area contributed by atoms with Crippen molar-refractivity contribution in [3.05, 3.63) is 24.3 Å². The molecule has 22 heavy (non-hydrogen) atoms. The van der Waals surface area contributed by atoms with Gasteiger partial charge in [-0.05, 0) is 18.1 Å². The highest BCUT2D eigenvalue weighted by atomic mass is 19.4. The Hall–Kier alpha value is -1.76. The molecule has 1 aromatic rings. The summed E-state index contributed by atoms with van der Waals surface area (Å²) in [5.74, 6) is -0.191. The summed E-state index contributed by atoms with van der Waals surface area (Å²) in [6.07, 6.45) is -4.43. The molecule has 1 aliphatic rings. The average Bonchev–Trinajstić information content (AvgIpc) is 2.44. The maximum absolute atomic E-state index is 12.2. The molecule has 1 heterocycles. The highest BCUT2D eigenvalue weighted by molar-refractivity contribution is 5.98. The van der Waals surface area contributed by atoms with E-state index in [2.05, 4.69) is 10.1 Å². The average molecular weight is 316 g/mol. The van der Waals surface area contributed by atoms with Crippen LogP contribution in [-0.4, -0.2) is 37.9 Å². The molecule has 122 valence electrons. The summed E-state index contributed by atoms with van der Waals surface area (Å²) in [5.41, 5.74) is 1.47. The number of alkyl halides is 3. The van der Waals surface area contributed by atoms with Crippen molar-refractivity contribution in [2.75, 3.05) is 30.0 Å². The highest BCUT2D eigenvalue weighted by Gasteiger charge is 2.31. The van der Waals surface area contributed by atoms with Crippen molar-refractivity contribution in [1.29, 1.82) is 0 Å². The molecule has 7 heteroatoms. The van der Waals surface area contributed by atoms with Gasteiger partial charge in [0, 0.05) is 12.6 Å². The van der Waals surface area contributed by atoms with E-state index in [0.717, 1.165) is 5.69 Å². The molecule has 0 fully saturated rings. The molecule has 1 unspecified atom stereocenters. The highest BCUT2D eigenvalue weighted by Crippen LogP contribution is 2.32. The van der Waals surface area contributed by atoms with Crippen LogP contribution in [0.3, 0.4) is 0 Å². The van der Waals surface area contributed by atoms with Gasteiger partial charge in [0.05, 0.1) is 11.4 Å². The number of ether oxygens (including phenoxy) is 1. The van der Waals surface area contributed by atoms with E-state index < -0.39 is 25.3 Å². The fourth-order valence-electron chi connectivity index (χ4n) is 2.32. The summed E-state index contributed by atoms with van der Waals surface area (Å²) in [4.78, 5) is 13.7. The number of rotatable bonds is 4. The smallest absolute Gasteiger partial charge is 0.379 e. The van der Waals surface area contributed by atoms with Crippen LogP contribution < -0.4 is 10.2 Å². The number of nitrogens with one attached hydrogen (secondary N) is 1. The van der Waals surface area contributed by atoms with Gasteiger partial charge in [-0.1, -0.05) is 26.0 Å². The van der Waals surface area contributed by atoms with Crippen LogP contribution in [0.5, 0.6) is 0 Å². The number of anilines is 2. The van der Waals surface area contributed by atoms with Gasteiger partial charge in [0.15, 0.2) is 0 Å². The van der Waals surface area contributed by atoms with E-state index in [4.69, 9.17) is 0 Å². The number of carbonyl (C=O) groups excluding carboxylic acids is 1. The first-order chi connectivity index (χ1) is 10.3. The van der Waals surface area contributed by atoms with Gasteiger partial charge in [-0.25, -0.2) is 0 Å². The fourth-order valence-corrected chi connectivity index (χ4v) is 2.32. The molecule has 0 saturated heterocycles. The summed E-state index contributed by atoms with van der Waals surface area (Å²) >= 11 is 0. The molecule has 0 bridgehead atoms. The lowest BCUT2D eigenvalue weighted by Crippen LogP contribution is -2.48. The number of para-hydroxylation sites is 2. The summed E-state index contributed by atoms with van der Waals surface area (Å²) in [6, 6.07) is 7.28. The molecular weight excluding hydrogens is 297 g/mol. The molecule has 2 rings (SSSR count). The molecule has 1 aliphatic heterocycles. The lowest BCUT2D eigenvalue weighted by molar-refractivity contribution is -0.175. The Morgan fingerprint density at radius 1 is 1.41 bits per heavy atom. The molecule has 1 atom stereocenters. The largest absolute Gasteiger partial charge is 0.411 e. The maximum atomic E-state index is 12.2. The van der Waals surface area contributed by atoms with E-state index >= 15 is 0 Å². The zero-order valence-corrected chi connectivity index (χ0v) is 12.5. The van der Waals surface area contributed by atoms with Crippen molar-refractivity contribution in [2.24, 2.45) is 5.92 Å². The van der Waals surface area contributed by atoms with Gasteiger partial charge in [0.1, 0.15) is 13.2 Å². The summed E-state index contributed by atoms with van der Waals surface area (Å²) < 4.78 is 40.8. The van der Waals surface area contributed by atoms with Crippen LogP contribution in [0, 0.1) is 5.92 Å². The van der Waals surface area contributed by atoms with Crippen molar-refractivity contribution in [2.45, 2.75) is 26.1 Å². The number of nitrogens with zero attached hydrogens (tertiary/aromatic N) is 1. The Bertz CT molecular complexity index is 532. The number of carbonyl (C=O) groups is 1. The van der Waals surface area contributed by atoms with E-state index in [-0.39, 0.29) is 12.0 Å². The first-order valence-corrected chi connectivity index (χ1v) is 7.08. The molecule has 1 aromatic carbocycles.